The molecule has 236 valence electrons. The zero-order valence-corrected chi connectivity index (χ0v) is 27.2. The Hall–Kier alpha value is -4.43. The summed E-state index contributed by atoms with van der Waals surface area (Å²) in [6.07, 6.45) is 4.11. The summed E-state index contributed by atoms with van der Waals surface area (Å²) in [6, 6.07) is 19.6. The van der Waals surface area contributed by atoms with E-state index >= 15 is 0 Å². The fourth-order valence-electron chi connectivity index (χ4n) is 5.95. The van der Waals surface area contributed by atoms with E-state index in [1.807, 2.05) is 58.0 Å². The Kier molecular flexibility index (Phi) is 10.8. The number of benzene rings is 3. The van der Waals surface area contributed by atoms with Gasteiger partial charge in [-0.3, -0.25) is 23.9 Å². The molecular formula is C37H43N3O5. The number of likely N-dealkylation sites (N-methyl/N-ethyl adjacent to an activating group) is 1. The van der Waals surface area contributed by atoms with Crippen molar-refractivity contribution in [1.82, 2.24) is 9.47 Å². The van der Waals surface area contributed by atoms with Crippen LogP contribution in [0.15, 0.2) is 71.9 Å². The van der Waals surface area contributed by atoms with E-state index in [0.717, 1.165) is 38.8 Å². The molecule has 0 saturated heterocycles. The molecule has 0 radical (unpaired) electrons. The first-order valence-electron chi connectivity index (χ1n) is 15.8. The Bertz CT molecular complexity index is 1750. The number of rotatable bonds is 14. The summed E-state index contributed by atoms with van der Waals surface area (Å²) in [5.41, 5.74) is 2.07. The minimum atomic E-state index is -0.740. The Morgan fingerprint density at radius 2 is 1.38 bits per heavy atom. The lowest BCUT2D eigenvalue weighted by Crippen LogP contribution is -2.49. The molecule has 0 N–H and O–H groups in total. The minimum absolute atomic E-state index is 0.0292. The topological polar surface area (TPSA) is 98.0 Å². The highest BCUT2D eigenvalue weighted by atomic mass is 16.7. The lowest BCUT2D eigenvalue weighted by Gasteiger charge is -2.35. The number of oxime groups is 1. The maximum absolute atomic E-state index is 13.9. The van der Waals surface area contributed by atoms with Gasteiger partial charge in [-0.2, -0.15) is 0 Å². The molecule has 0 amide bonds. The maximum Gasteiger partial charge on any atom is 0.331 e. The van der Waals surface area contributed by atoms with Crippen LogP contribution in [-0.4, -0.2) is 57.3 Å². The van der Waals surface area contributed by atoms with Gasteiger partial charge in [0.15, 0.2) is 5.78 Å². The van der Waals surface area contributed by atoms with E-state index in [1.54, 1.807) is 41.0 Å². The van der Waals surface area contributed by atoms with Crippen LogP contribution in [0.4, 0.5) is 0 Å². The third-order valence-electron chi connectivity index (χ3n) is 8.44. The number of hydrogen-bond acceptors (Lipinski definition) is 7. The fraction of sp³-hybridized carbons (Fsp3) is 0.378. The molecular weight excluding hydrogens is 566 g/mol. The van der Waals surface area contributed by atoms with Crippen LogP contribution in [0, 0.1) is 0 Å². The minimum Gasteiger partial charge on any atom is -0.318 e. The third kappa shape index (κ3) is 7.12. The van der Waals surface area contributed by atoms with Gasteiger partial charge in [-0.15, -0.1) is 0 Å². The zero-order valence-electron chi connectivity index (χ0n) is 27.2. The van der Waals surface area contributed by atoms with Crippen molar-refractivity contribution in [3.63, 3.8) is 0 Å². The molecule has 0 fully saturated rings. The number of aromatic nitrogens is 1. The van der Waals surface area contributed by atoms with E-state index in [2.05, 4.69) is 17.0 Å². The summed E-state index contributed by atoms with van der Waals surface area (Å²) in [5.74, 6) is -1.19. The van der Waals surface area contributed by atoms with Crippen LogP contribution in [0.25, 0.3) is 21.8 Å². The Morgan fingerprint density at radius 1 is 0.778 bits per heavy atom. The fourth-order valence-corrected chi connectivity index (χ4v) is 5.95. The summed E-state index contributed by atoms with van der Waals surface area (Å²) < 4.78 is 1.64. The van der Waals surface area contributed by atoms with Gasteiger partial charge in [0.1, 0.15) is 5.71 Å². The molecule has 0 aliphatic carbocycles. The molecule has 8 heteroatoms. The van der Waals surface area contributed by atoms with Crippen LogP contribution in [-0.2, 0) is 9.63 Å². The van der Waals surface area contributed by atoms with Crippen molar-refractivity contribution in [3.8, 4) is 0 Å². The van der Waals surface area contributed by atoms with E-state index in [0.29, 0.717) is 44.9 Å². The quantitative estimate of drug-likeness (QED) is 0.0475. The molecule has 45 heavy (non-hydrogen) atoms. The largest absolute Gasteiger partial charge is 0.331 e. The molecule has 0 spiro atoms. The summed E-state index contributed by atoms with van der Waals surface area (Å²) in [4.78, 5) is 60.0. The van der Waals surface area contributed by atoms with Crippen LogP contribution in [0.2, 0.25) is 0 Å². The van der Waals surface area contributed by atoms with E-state index in [9.17, 15) is 19.2 Å². The number of carbonyl (C=O) groups excluding carboxylic acids is 4. The predicted octanol–water partition coefficient (Wildman–Crippen LogP) is 7.86. The summed E-state index contributed by atoms with van der Waals surface area (Å²) >= 11 is 0. The monoisotopic (exact) mass is 609 g/mol. The molecule has 1 heterocycles. The van der Waals surface area contributed by atoms with Crippen LogP contribution in [0.1, 0.15) is 105 Å². The van der Waals surface area contributed by atoms with Crippen molar-refractivity contribution in [3.05, 3.63) is 83.4 Å². The van der Waals surface area contributed by atoms with Crippen LogP contribution in [0.5, 0.6) is 0 Å². The van der Waals surface area contributed by atoms with Crippen LogP contribution >= 0.6 is 0 Å². The lowest BCUT2D eigenvalue weighted by atomic mass is 9.90. The highest BCUT2D eigenvalue weighted by molar-refractivity contribution is 6.46. The number of unbranched alkanes of at least 4 members (excludes halogenated alkanes) is 3. The maximum atomic E-state index is 13.9. The average molecular weight is 610 g/mol. The molecule has 0 saturated carbocycles. The molecule has 0 unspecified atom stereocenters. The second-order valence-electron chi connectivity index (χ2n) is 11.8. The van der Waals surface area contributed by atoms with Crippen molar-refractivity contribution in [1.29, 1.82) is 0 Å². The van der Waals surface area contributed by atoms with E-state index < -0.39 is 11.5 Å². The molecule has 1 aromatic heterocycles. The molecule has 0 atom stereocenters. The van der Waals surface area contributed by atoms with Gasteiger partial charge in [-0.1, -0.05) is 63.4 Å². The van der Waals surface area contributed by atoms with Crippen molar-refractivity contribution in [2.75, 3.05) is 13.1 Å². The van der Waals surface area contributed by atoms with Gasteiger partial charge in [0.05, 0.1) is 16.6 Å². The van der Waals surface area contributed by atoms with Crippen molar-refractivity contribution < 1.29 is 24.0 Å². The van der Waals surface area contributed by atoms with Gasteiger partial charge < -0.3 is 4.84 Å². The van der Waals surface area contributed by atoms with Crippen LogP contribution in [0.3, 0.4) is 0 Å². The van der Waals surface area contributed by atoms with Crippen molar-refractivity contribution >= 4 is 51.0 Å². The molecule has 0 aliphatic rings. The van der Waals surface area contributed by atoms with Gasteiger partial charge >= 0.3 is 5.97 Å². The molecule has 0 aliphatic heterocycles. The van der Waals surface area contributed by atoms with Gasteiger partial charge in [0, 0.05) is 34.4 Å². The third-order valence-corrected chi connectivity index (χ3v) is 8.44. The van der Waals surface area contributed by atoms with Crippen LogP contribution < -0.4 is 0 Å². The summed E-state index contributed by atoms with van der Waals surface area (Å²) in [7, 11) is 0. The number of carbonyl (C=O) groups is 4. The summed E-state index contributed by atoms with van der Waals surface area (Å²) in [5, 5.41) is 5.27. The number of ketones is 2. The number of nitrogens with zero attached hydrogens (tertiary/aromatic N) is 3. The molecule has 0 bridgehead atoms. The Labute approximate surface area is 265 Å². The predicted molar refractivity (Wildman–Crippen MR) is 179 cm³/mol. The number of Topliss-reactive ketones (excluding diaryl/α,β-unsaturated/α-hetero) is 2. The number of hydrogen-bond donors (Lipinski definition) is 0. The second-order valence-corrected chi connectivity index (χ2v) is 11.8. The normalized spacial score (nSPS) is 12.2. The Balaban J connectivity index is 1.89. The van der Waals surface area contributed by atoms with E-state index in [1.165, 1.54) is 6.92 Å². The highest BCUT2D eigenvalue weighted by Gasteiger charge is 2.34. The van der Waals surface area contributed by atoms with Gasteiger partial charge in [0.25, 0.3) is 5.91 Å². The first kappa shape index (κ1) is 33.5. The zero-order chi connectivity index (χ0) is 32.7. The molecule has 8 nitrogen and oxygen atoms in total. The second kappa shape index (κ2) is 14.6. The summed E-state index contributed by atoms with van der Waals surface area (Å²) in [6.45, 7) is 12.7. The molecule has 3 aromatic carbocycles. The smallest absolute Gasteiger partial charge is 0.318 e. The highest BCUT2D eigenvalue weighted by Crippen LogP contribution is 2.33. The average Bonchev–Trinajstić information content (AvgIpc) is 3.37. The van der Waals surface area contributed by atoms with Gasteiger partial charge in [-0.05, 0) is 88.3 Å². The van der Waals surface area contributed by atoms with Gasteiger partial charge in [0.2, 0.25) is 5.78 Å². The van der Waals surface area contributed by atoms with E-state index in [-0.39, 0.29) is 23.2 Å². The first-order valence-corrected chi connectivity index (χ1v) is 15.8. The SMILES string of the molecule is CCCCCC/C(=N\OC(C)=O)C(=O)c1ccc2c(c1)c1cc(C(=O)C(C)(C)N(CC)CC)ccc1n2C(=O)c1ccccc1. The molecule has 4 aromatic rings. The van der Waals surface area contributed by atoms with E-state index in [4.69, 9.17) is 4.84 Å². The first-order chi connectivity index (χ1) is 21.5. The standard InChI is InChI=1S/C37H43N3O5/c1-7-10-11-15-18-31(38-45-25(4)41)34(42)27-19-21-32-29(23-27)30-24-28(35(43)37(5,6)39(8-2)9-3)20-22-33(30)40(32)36(44)26-16-13-12-14-17-26/h12-14,16-17,19-24H,7-11,15,18H2,1-6H3/b38-31+. The molecule has 4 rings (SSSR count). The van der Waals surface area contributed by atoms with Gasteiger partial charge in [-0.25, -0.2) is 4.79 Å². The van der Waals surface area contributed by atoms with Crippen molar-refractivity contribution in [2.45, 2.75) is 79.2 Å². The number of fused-ring (bicyclic) bond motifs is 3. The van der Waals surface area contributed by atoms with Crippen molar-refractivity contribution in [2.24, 2.45) is 5.16 Å². The lowest BCUT2D eigenvalue weighted by molar-refractivity contribution is -0.140. The Morgan fingerprint density at radius 3 is 1.96 bits per heavy atom.